The molecule has 1 aliphatic rings. The Balaban J connectivity index is 2.34. The fraction of sp³-hybridized carbons (Fsp3) is 0.429. The van der Waals surface area contributed by atoms with Crippen LogP contribution in [0.1, 0.15) is 17.9 Å². The van der Waals surface area contributed by atoms with Gasteiger partial charge in [0.15, 0.2) is 0 Å². The van der Waals surface area contributed by atoms with E-state index in [1.54, 1.807) is 13.2 Å². The van der Waals surface area contributed by atoms with E-state index in [0.29, 0.717) is 12.3 Å². The molecule has 0 bridgehead atoms. The number of carbonyl (C=O) groups is 2. The molecule has 1 aromatic carbocycles. The van der Waals surface area contributed by atoms with Crippen LogP contribution in [0.3, 0.4) is 0 Å². The Bertz CT molecular complexity index is 516. The molecule has 0 aliphatic carbocycles. The van der Waals surface area contributed by atoms with Gasteiger partial charge >= 0.3 is 11.9 Å². The number of hydrogen-bond acceptors (Lipinski definition) is 4. The summed E-state index contributed by atoms with van der Waals surface area (Å²) < 4.78 is 5.28. The molecular formula is C14H17NO5. The quantitative estimate of drug-likeness (QED) is 0.742. The van der Waals surface area contributed by atoms with Crippen LogP contribution in [0.4, 0.5) is 0 Å². The highest BCUT2D eigenvalue weighted by molar-refractivity contribution is 5.77. The number of ether oxygens (including phenoxy) is 1. The van der Waals surface area contributed by atoms with E-state index in [-0.39, 0.29) is 12.3 Å². The number of carboxylic acids is 2. The van der Waals surface area contributed by atoms with Crippen molar-refractivity contribution in [2.75, 3.05) is 13.7 Å². The normalized spacial score (nSPS) is 25.4. The van der Waals surface area contributed by atoms with Gasteiger partial charge in [-0.1, -0.05) is 18.2 Å². The molecule has 1 aromatic rings. The Morgan fingerprint density at radius 2 is 2.05 bits per heavy atom. The lowest BCUT2D eigenvalue weighted by Crippen LogP contribution is -2.36. The van der Waals surface area contributed by atoms with Gasteiger partial charge in [0, 0.05) is 18.4 Å². The number of hydrogen-bond donors (Lipinski definition) is 3. The molecule has 0 unspecified atom stereocenters. The molecule has 0 spiro atoms. The first kappa shape index (κ1) is 14.3. The van der Waals surface area contributed by atoms with E-state index in [9.17, 15) is 14.7 Å². The van der Waals surface area contributed by atoms with E-state index in [2.05, 4.69) is 5.32 Å². The lowest BCUT2D eigenvalue weighted by molar-refractivity contribution is -0.142. The van der Waals surface area contributed by atoms with Crippen molar-refractivity contribution in [3.05, 3.63) is 29.8 Å². The van der Waals surface area contributed by atoms with Crippen LogP contribution in [0, 0.1) is 5.92 Å². The van der Waals surface area contributed by atoms with Crippen LogP contribution in [0.2, 0.25) is 0 Å². The fourth-order valence-corrected chi connectivity index (χ4v) is 2.83. The van der Waals surface area contributed by atoms with Gasteiger partial charge in [-0.05, 0) is 11.6 Å². The van der Waals surface area contributed by atoms with Crippen molar-refractivity contribution in [1.82, 2.24) is 5.32 Å². The highest BCUT2D eigenvalue weighted by Gasteiger charge is 2.42. The van der Waals surface area contributed by atoms with E-state index in [4.69, 9.17) is 9.84 Å². The summed E-state index contributed by atoms with van der Waals surface area (Å²) in [4.78, 5) is 22.2. The van der Waals surface area contributed by atoms with Gasteiger partial charge in [-0.25, -0.2) is 0 Å². The predicted octanol–water partition coefficient (Wildman–Crippen LogP) is 0.926. The number of rotatable bonds is 5. The SMILES string of the molecule is COc1ccccc1[C@@H]1CN[C@H](C(=O)O)[C@@H]1CC(=O)O. The highest BCUT2D eigenvalue weighted by atomic mass is 16.5. The van der Waals surface area contributed by atoms with Gasteiger partial charge in [-0.15, -0.1) is 0 Å². The van der Waals surface area contributed by atoms with Crippen LogP contribution in [0.25, 0.3) is 0 Å². The van der Waals surface area contributed by atoms with Gasteiger partial charge in [0.05, 0.1) is 13.5 Å². The van der Waals surface area contributed by atoms with Crippen LogP contribution >= 0.6 is 0 Å². The Morgan fingerprint density at radius 3 is 2.65 bits per heavy atom. The molecule has 108 valence electrons. The van der Waals surface area contributed by atoms with Crippen molar-refractivity contribution in [3.63, 3.8) is 0 Å². The zero-order valence-electron chi connectivity index (χ0n) is 11.1. The van der Waals surface area contributed by atoms with Crippen molar-refractivity contribution in [2.45, 2.75) is 18.4 Å². The molecule has 0 amide bonds. The smallest absolute Gasteiger partial charge is 0.321 e. The van der Waals surface area contributed by atoms with Crippen molar-refractivity contribution in [2.24, 2.45) is 5.92 Å². The van der Waals surface area contributed by atoms with Gasteiger partial charge < -0.3 is 20.3 Å². The van der Waals surface area contributed by atoms with Gasteiger partial charge in [0.2, 0.25) is 0 Å². The van der Waals surface area contributed by atoms with E-state index >= 15 is 0 Å². The Labute approximate surface area is 116 Å². The molecule has 1 heterocycles. The number of aliphatic carboxylic acids is 2. The van der Waals surface area contributed by atoms with E-state index in [1.807, 2.05) is 18.2 Å². The highest BCUT2D eigenvalue weighted by Crippen LogP contribution is 2.38. The molecular weight excluding hydrogens is 262 g/mol. The summed E-state index contributed by atoms with van der Waals surface area (Å²) in [5.41, 5.74) is 0.845. The molecule has 0 radical (unpaired) electrons. The first-order chi connectivity index (χ1) is 9.54. The average Bonchev–Trinajstić information content (AvgIpc) is 2.81. The lowest BCUT2D eigenvalue weighted by atomic mass is 9.82. The second-order valence-electron chi connectivity index (χ2n) is 4.83. The standard InChI is InChI=1S/C14H17NO5/c1-20-11-5-3-2-4-8(11)10-7-15-13(14(18)19)9(10)6-12(16)17/h2-5,9-10,13,15H,6-7H2,1H3,(H,16,17)(H,18,19)/t9-,10+,13+/m1/s1. The van der Waals surface area contributed by atoms with Gasteiger partial charge in [-0.2, -0.15) is 0 Å². The van der Waals surface area contributed by atoms with Crippen molar-refractivity contribution in [1.29, 1.82) is 0 Å². The third-order valence-corrected chi connectivity index (χ3v) is 3.72. The van der Waals surface area contributed by atoms with Crippen molar-refractivity contribution in [3.8, 4) is 5.75 Å². The summed E-state index contributed by atoms with van der Waals surface area (Å²) in [6, 6.07) is 6.46. The molecule has 1 aliphatic heterocycles. The summed E-state index contributed by atoms with van der Waals surface area (Å²) in [6.45, 7) is 0.426. The summed E-state index contributed by atoms with van der Waals surface area (Å²) in [5, 5.41) is 21.1. The minimum atomic E-state index is -1.02. The maximum absolute atomic E-state index is 11.2. The summed E-state index contributed by atoms with van der Waals surface area (Å²) >= 11 is 0. The molecule has 1 saturated heterocycles. The first-order valence-corrected chi connectivity index (χ1v) is 6.35. The predicted molar refractivity (Wildman–Crippen MR) is 70.9 cm³/mol. The van der Waals surface area contributed by atoms with Gasteiger partial charge in [-0.3, -0.25) is 9.59 Å². The molecule has 6 nitrogen and oxygen atoms in total. The van der Waals surface area contributed by atoms with Crippen LogP contribution in [0.5, 0.6) is 5.75 Å². The van der Waals surface area contributed by atoms with E-state index in [1.165, 1.54) is 0 Å². The Kier molecular flexibility index (Phi) is 4.24. The van der Waals surface area contributed by atoms with E-state index < -0.39 is 23.9 Å². The molecule has 3 N–H and O–H groups in total. The topological polar surface area (TPSA) is 95.9 Å². The molecule has 0 saturated carbocycles. The second-order valence-corrected chi connectivity index (χ2v) is 4.83. The zero-order chi connectivity index (χ0) is 14.7. The maximum atomic E-state index is 11.2. The maximum Gasteiger partial charge on any atom is 0.321 e. The molecule has 2 rings (SSSR count). The molecule has 6 heteroatoms. The first-order valence-electron chi connectivity index (χ1n) is 6.35. The molecule has 1 fully saturated rings. The monoisotopic (exact) mass is 279 g/mol. The lowest BCUT2D eigenvalue weighted by Gasteiger charge is -2.22. The third-order valence-electron chi connectivity index (χ3n) is 3.72. The second kappa shape index (κ2) is 5.92. The molecule has 3 atom stereocenters. The van der Waals surface area contributed by atoms with Crippen molar-refractivity contribution < 1.29 is 24.5 Å². The average molecular weight is 279 g/mol. The summed E-state index contributed by atoms with van der Waals surface area (Å²) in [6.07, 6.45) is -0.188. The molecule has 0 aromatic heterocycles. The van der Waals surface area contributed by atoms with Crippen LogP contribution < -0.4 is 10.1 Å². The molecule has 20 heavy (non-hydrogen) atoms. The Hall–Kier alpha value is -2.08. The van der Waals surface area contributed by atoms with Crippen LogP contribution in [-0.2, 0) is 9.59 Å². The van der Waals surface area contributed by atoms with Gasteiger partial charge in [0.25, 0.3) is 0 Å². The fourth-order valence-electron chi connectivity index (χ4n) is 2.83. The number of para-hydroxylation sites is 1. The van der Waals surface area contributed by atoms with Crippen molar-refractivity contribution >= 4 is 11.9 Å². The Morgan fingerprint density at radius 1 is 1.35 bits per heavy atom. The number of benzene rings is 1. The summed E-state index contributed by atoms with van der Waals surface area (Å²) in [7, 11) is 1.54. The van der Waals surface area contributed by atoms with E-state index in [0.717, 1.165) is 5.56 Å². The van der Waals surface area contributed by atoms with Gasteiger partial charge in [0.1, 0.15) is 11.8 Å². The number of nitrogens with one attached hydrogen (secondary N) is 1. The third kappa shape index (κ3) is 2.75. The van der Waals surface area contributed by atoms with Crippen LogP contribution in [0.15, 0.2) is 24.3 Å². The zero-order valence-corrected chi connectivity index (χ0v) is 11.1. The number of carboxylic acid groups (broad SMARTS) is 2. The van der Waals surface area contributed by atoms with Crippen LogP contribution in [-0.4, -0.2) is 41.8 Å². The largest absolute Gasteiger partial charge is 0.496 e. The number of methoxy groups -OCH3 is 1. The minimum Gasteiger partial charge on any atom is -0.496 e. The summed E-state index contributed by atoms with van der Waals surface area (Å²) in [5.74, 6) is -2.05. The minimum absolute atomic E-state index is 0.188.